The molecule has 5 fully saturated rings. The van der Waals surface area contributed by atoms with Gasteiger partial charge >= 0.3 is 0 Å². The van der Waals surface area contributed by atoms with E-state index in [1.165, 1.54) is 4.90 Å². The molecule has 1 spiro atoms. The molecule has 5 saturated heterocycles. The average Bonchev–Trinajstić information content (AvgIpc) is 3.38. The molecule has 14 heteroatoms. The van der Waals surface area contributed by atoms with Gasteiger partial charge in [-0.2, -0.15) is 0 Å². The molecule has 0 aromatic rings. The summed E-state index contributed by atoms with van der Waals surface area (Å²) in [6.07, 6.45) is 0.0803. The van der Waals surface area contributed by atoms with Gasteiger partial charge in [-0.25, -0.2) is 0 Å². The number of amides is 4. The summed E-state index contributed by atoms with van der Waals surface area (Å²) in [5.74, 6) is -5.07. The second kappa shape index (κ2) is 6.13. The molecule has 0 unspecified atom stereocenters. The van der Waals surface area contributed by atoms with Crippen molar-refractivity contribution in [1.82, 2.24) is 30.7 Å². The van der Waals surface area contributed by atoms with Gasteiger partial charge in [0.15, 0.2) is 17.6 Å². The molecule has 0 aliphatic carbocycles. The average molecular weight is 434 g/mol. The van der Waals surface area contributed by atoms with Gasteiger partial charge in [-0.05, 0) is 0 Å². The van der Waals surface area contributed by atoms with E-state index in [0.29, 0.717) is 0 Å². The Morgan fingerprint density at radius 1 is 0.935 bits per heavy atom. The smallest absolute Gasteiger partial charge is 0.231 e. The zero-order valence-electron chi connectivity index (χ0n) is 16.3. The van der Waals surface area contributed by atoms with Crippen molar-refractivity contribution in [2.45, 2.75) is 55.3 Å². The molecular weight excluding hydrogens is 412 g/mol. The fourth-order valence-electron chi connectivity index (χ4n) is 5.39. The van der Waals surface area contributed by atoms with Gasteiger partial charge in [0.05, 0.1) is 18.6 Å². The minimum Gasteiger partial charge on any atom is -0.361 e. The number of aliphatic hydroxyl groups is 2. The van der Waals surface area contributed by atoms with E-state index in [4.69, 9.17) is 10.8 Å². The van der Waals surface area contributed by atoms with E-state index in [2.05, 4.69) is 16.0 Å². The molecule has 7 N–H and O–H groups in total. The van der Waals surface area contributed by atoms with Crippen molar-refractivity contribution in [3.05, 3.63) is 0 Å². The van der Waals surface area contributed by atoms with Crippen molar-refractivity contribution < 1.29 is 29.4 Å². The lowest BCUT2D eigenvalue weighted by Gasteiger charge is -2.51. The van der Waals surface area contributed by atoms with Crippen LogP contribution < -0.4 is 16.0 Å². The van der Waals surface area contributed by atoms with Gasteiger partial charge in [-0.1, -0.05) is 0 Å². The molecule has 0 aromatic heterocycles. The zero-order valence-corrected chi connectivity index (χ0v) is 16.3. The van der Waals surface area contributed by atoms with Crippen LogP contribution in [0.5, 0.6) is 0 Å². The van der Waals surface area contributed by atoms with Gasteiger partial charge in [-0.15, -0.1) is 0 Å². The first-order valence-electron chi connectivity index (χ1n) is 9.96. The van der Waals surface area contributed by atoms with Crippen molar-refractivity contribution in [2.24, 2.45) is 0 Å². The Labute approximate surface area is 175 Å². The lowest BCUT2D eigenvalue weighted by Crippen LogP contribution is -2.81. The van der Waals surface area contributed by atoms with E-state index >= 15 is 0 Å². The number of likely N-dealkylation sites (tertiary alicyclic amines) is 2. The van der Waals surface area contributed by atoms with E-state index in [-0.39, 0.29) is 62.5 Å². The summed E-state index contributed by atoms with van der Waals surface area (Å²) in [4.78, 5) is 51.9. The molecular formula is C17H22N8O6. The summed E-state index contributed by atoms with van der Waals surface area (Å²) in [7, 11) is 0. The Bertz CT molecular complexity index is 919. The number of carbonyl (C=O) groups excluding carboxylic acids is 4. The van der Waals surface area contributed by atoms with E-state index in [1.807, 2.05) is 0 Å². The number of nitrogens with zero attached hydrogens (tertiary/aromatic N) is 3. The first-order valence-corrected chi connectivity index (χ1v) is 9.96. The van der Waals surface area contributed by atoms with Crippen LogP contribution in [0.4, 0.5) is 0 Å². The third kappa shape index (κ3) is 2.39. The largest absolute Gasteiger partial charge is 0.361 e. The van der Waals surface area contributed by atoms with Crippen molar-refractivity contribution in [3.63, 3.8) is 0 Å². The molecule has 4 atom stereocenters. The second-order valence-corrected chi connectivity index (χ2v) is 8.40. The SMILES string of the molecule is N=C1N[C@H]2[C@H](CN3C(=O)CCC3=O)NC(=N)N3C[C@H](N4C(=O)CCC4=O)C(O)(O)[C@]23N1. The maximum absolute atomic E-state index is 12.3. The Kier molecular flexibility index (Phi) is 3.90. The van der Waals surface area contributed by atoms with Gasteiger partial charge < -0.3 is 31.1 Å². The molecule has 4 amide bonds. The molecule has 0 bridgehead atoms. The van der Waals surface area contributed by atoms with Gasteiger partial charge in [0.2, 0.25) is 29.4 Å². The van der Waals surface area contributed by atoms with Gasteiger partial charge in [0, 0.05) is 32.2 Å². The van der Waals surface area contributed by atoms with Crippen molar-refractivity contribution in [1.29, 1.82) is 10.8 Å². The Hall–Kier alpha value is -3.26. The van der Waals surface area contributed by atoms with Crippen LogP contribution in [-0.2, 0) is 19.2 Å². The first-order chi connectivity index (χ1) is 14.6. The van der Waals surface area contributed by atoms with Gasteiger partial charge in [0.1, 0.15) is 6.04 Å². The molecule has 5 rings (SSSR count). The quantitative estimate of drug-likeness (QED) is 0.168. The molecule has 0 saturated carbocycles. The highest BCUT2D eigenvalue weighted by Gasteiger charge is 2.75. The highest BCUT2D eigenvalue weighted by molar-refractivity contribution is 6.03. The summed E-state index contributed by atoms with van der Waals surface area (Å²) in [6, 6.07) is -3.20. The van der Waals surface area contributed by atoms with E-state index < -0.39 is 41.4 Å². The number of carbonyl (C=O) groups is 4. The predicted octanol–water partition coefficient (Wildman–Crippen LogP) is -4.25. The molecule has 5 aliphatic rings. The number of hydrogen-bond donors (Lipinski definition) is 7. The third-order valence-corrected chi connectivity index (χ3v) is 6.80. The van der Waals surface area contributed by atoms with Crippen molar-refractivity contribution in [3.8, 4) is 0 Å². The molecule has 0 aromatic carbocycles. The van der Waals surface area contributed by atoms with E-state index in [9.17, 15) is 29.4 Å². The van der Waals surface area contributed by atoms with Crippen LogP contribution in [0, 0.1) is 10.8 Å². The van der Waals surface area contributed by atoms with Crippen LogP contribution in [0.25, 0.3) is 0 Å². The summed E-state index contributed by atoms with van der Waals surface area (Å²) < 4.78 is 0. The highest BCUT2D eigenvalue weighted by atomic mass is 16.5. The summed E-state index contributed by atoms with van der Waals surface area (Å²) in [6.45, 7) is -0.395. The second-order valence-electron chi connectivity index (χ2n) is 8.40. The van der Waals surface area contributed by atoms with Crippen molar-refractivity contribution >= 4 is 35.5 Å². The Morgan fingerprint density at radius 3 is 2.13 bits per heavy atom. The van der Waals surface area contributed by atoms with Crippen LogP contribution in [0.2, 0.25) is 0 Å². The number of guanidine groups is 2. The molecule has 166 valence electrons. The summed E-state index contributed by atoms with van der Waals surface area (Å²) >= 11 is 0. The topological polar surface area (TPSA) is 202 Å². The lowest BCUT2D eigenvalue weighted by atomic mass is 9.84. The molecule has 5 heterocycles. The van der Waals surface area contributed by atoms with E-state index in [0.717, 1.165) is 9.80 Å². The molecule has 0 radical (unpaired) electrons. The molecule has 14 nitrogen and oxygen atoms in total. The number of rotatable bonds is 3. The predicted molar refractivity (Wildman–Crippen MR) is 99.9 cm³/mol. The summed E-state index contributed by atoms with van der Waals surface area (Å²) in [5.41, 5.74) is -1.88. The van der Waals surface area contributed by atoms with E-state index in [1.54, 1.807) is 0 Å². The fraction of sp³-hybridized carbons (Fsp3) is 0.647. The number of nitrogens with one attached hydrogen (secondary N) is 5. The normalized spacial score (nSPS) is 36.6. The van der Waals surface area contributed by atoms with Gasteiger partial charge in [0.25, 0.3) is 0 Å². The first kappa shape index (κ1) is 19.7. The Morgan fingerprint density at radius 2 is 1.52 bits per heavy atom. The minimum absolute atomic E-state index is 0.0408. The standard InChI is InChI=1S/C17H22N8O6/c18-14-21-13-7(5-23-9(26)1-2-10(23)27)20-15(19)24-6-8(17(30,31)16(13,24)22-14)25-11(28)3-4-12(25)29/h7-8,13,30-31H,1-6H2,(H2,19,20)(H3,18,21,22)/t7-,8-,13-,16-/m0/s1. The maximum atomic E-state index is 12.3. The van der Waals surface area contributed by atoms with Crippen LogP contribution >= 0.6 is 0 Å². The zero-order chi connectivity index (χ0) is 22.3. The lowest BCUT2D eigenvalue weighted by molar-refractivity contribution is -0.244. The van der Waals surface area contributed by atoms with Crippen molar-refractivity contribution in [2.75, 3.05) is 13.1 Å². The summed E-state index contributed by atoms with van der Waals surface area (Å²) in [5, 5.41) is 47.5. The fourth-order valence-corrected chi connectivity index (χ4v) is 5.39. The van der Waals surface area contributed by atoms with Crippen LogP contribution in [0.1, 0.15) is 25.7 Å². The van der Waals surface area contributed by atoms with Crippen LogP contribution in [-0.4, -0.2) is 103 Å². The maximum Gasteiger partial charge on any atom is 0.231 e. The van der Waals surface area contributed by atoms with Crippen LogP contribution in [0.3, 0.4) is 0 Å². The monoisotopic (exact) mass is 434 g/mol. The number of imide groups is 2. The molecule has 5 aliphatic heterocycles. The minimum atomic E-state index is -2.74. The highest BCUT2D eigenvalue weighted by Crippen LogP contribution is 2.45. The third-order valence-electron chi connectivity index (χ3n) is 6.80. The van der Waals surface area contributed by atoms with Crippen LogP contribution in [0.15, 0.2) is 0 Å². The number of hydrogen-bond acceptors (Lipinski definition) is 8. The van der Waals surface area contributed by atoms with Gasteiger partial charge in [-0.3, -0.25) is 39.8 Å². The molecule has 31 heavy (non-hydrogen) atoms. The Balaban J connectivity index is 1.54.